The first-order valence-corrected chi connectivity index (χ1v) is 5.62. The van der Waals surface area contributed by atoms with Gasteiger partial charge < -0.3 is 0 Å². The van der Waals surface area contributed by atoms with Gasteiger partial charge in [0, 0.05) is 11.8 Å². The Bertz CT molecular complexity index is 640. The highest BCUT2D eigenvalue weighted by Gasteiger charge is 2.23. The van der Waals surface area contributed by atoms with Crippen LogP contribution in [0.4, 0.5) is 13.2 Å². The predicted octanol–water partition coefficient (Wildman–Crippen LogP) is 3.79. The zero-order valence-corrected chi connectivity index (χ0v) is 9.41. The molecule has 0 radical (unpaired) electrons. The van der Waals surface area contributed by atoms with Crippen LogP contribution in [0.3, 0.4) is 0 Å². The van der Waals surface area contributed by atoms with E-state index in [2.05, 4.69) is 4.98 Å². The molecule has 1 heterocycles. The van der Waals surface area contributed by atoms with Gasteiger partial charge in [-0.05, 0) is 24.8 Å². The van der Waals surface area contributed by atoms with Gasteiger partial charge in [0.2, 0.25) is 0 Å². The van der Waals surface area contributed by atoms with Crippen LogP contribution in [0.15, 0.2) is 6.07 Å². The maximum Gasteiger partial charge on any atom is 0.169 e. The lowest BCUT2D eigenvalue weighted by atomic mass is 10.1. The van der Waals surface area contributed by atoms with Crippen molar-refractivity contribution in [2.75, 3.05) is 0 Å². The molecule has 0 N–H and O–H groups in total. The Hall–Kier alpha value is -1.29. The highest BCUT2D eigenvalue weighted by Crippen LogP contribution is 2.36. The summed E-state index contributed by atoms with van der Waals surface area (Å²) in [6.07, 6.45) is 2.22. The third kappa shape index (κ3) is 1.43. The van der Waals surface area contributed by atoms with Gasteiger partial charge in [0.15, 0.2) is 17.5 Å². The first kappa shape index (κ1) is 10.8. The summed E-state index contributed by atoms with van der Waals surface area (Å²) >= 11 is 6.02. The smallest absolute Gasteiger partial charge is 0.169 e. The lowest BCUT2D eigenvalue weighted by molar-refractivity contribution is 0.505. The van der Waals surface area contributed by atoms with Gasteiger partial charge in [-0.2, -0.15) is 0 Å². The summed E-state index contributed by atoms with van der Waals surface area (Å²) in [5.41, 5.74) is 1.21. The van der Waals surface area contributed by atoms with Gasteiger partial charge in [0.1, 0.15) is 5.52 Å². The Labute approximate surface area is 100 Å². The average Bonchev–Trinajstić information content (AvgIpc) is 2.74. The summed E-state index contributed by atoms with van der Waals surface area (Å²) < 4.78 is 40.3. The largest absolute Gasteiger partial charge is 0.249 e. The number of aromatic nitrogens is 1. The van der Waals surface area contributed by atoms with Crippen LogP contribution in [0.25, 0.3) is 10.9 Å². The Morgan fingerprint density at radius 2 is 1.88 bits per heavy atom. The van der Waals surface area contributed by atoms with Crippen LogP contribution < -0.4 is 0 Å². The average molecular weight is 258 g/mol. The fraction of sp³-hybridized carbons (Fsp3) is 0.250. The van der Waals surface area contributed by atoms with Crippen LogP contribution in [0.5, 0.6) is 0 Å². The van der Waals surface area contributed by atoms with Gasteiger partial charge in [0.05, 0.1) is 10.4 Å². The number of aryl methyl sites for hydroxylation is 1. The number of hydrogen-bond acceptors (Lipinski definition) is 1. The number of hydrogen-bond donors (Lipinski definition) is 0. The highest BCUT2D eigenvalue weighted by molar-refractivity contribution is 6.36. The number of fused-ring (bicyclic) bond motifs is 2. The molecule has 17 heavy (non-hydrogen) atoms. The zero-order valence-electron chi connectivity index (χ0n) is 8.66. The molecule has 1 aromatic heterocycles. The minimum Gasteiger partial charge on any atom is -0.249 e. The molecule has 0 spiro atoms. The van der Waals surface area contributed by atoms with Crippen LogP contribution in [0.1, 0.15) is 17.7 Å². The molecule has 0 unspecified atom stereocenters. The summed E-state index contributed by atoms with van der Waals surface area (Å²) in [6.45, 7) is 0. The lowest BCUT2D eigenvalue weighted by Gasteiger charge is -2.08. The topological polar surface area (TPSA) is 12.9 Å². The van der Waals surface area contributed by atoms with Gasteiger partial charge in [-0.3, -0.25) is 0 Å². The van der Waals surface area contributed by atoms with Crippen LogP contribution in [-0.2, 0) is 12.8 Å². The number of pyridine rings is 1. The molecule has 5 heteroatoms. The molecule has 0 fully saturated rings. The van der Waals surface area contributed by atoms with Gasteiger partial charge >= 0.3 is 0 Å². The van der Waals surface area contributed by atoms with E-state index in [1.54, 1.807) is 0 Å². The molecule has 1 nitrogen and oxygen atoms in total. The lowest BCUT2D eigenvalue weighted by Crippen LogP contribution is -1.99. The molecule has 88 valence electrons. The monoisotopic (exact) mass is 257 g/mol. The van der Waals surface area contributed by atoms with E-state index in [-0.39, 0.29) is 15.9 Å². The summed E-state index contributed by atoms with van der Waals surface area (Å²) in [6, 6.07) is 0.502. The van der Waals surface area contributed by atoms with E-state index >= 15 is 0 Å². The fourth-order valence-corrected chi connectivity index (χ4v) is 2.64. The van der Waals surface area contributed by atoms with Crippen LogP contribution in [0, 0.1) is 17.5 Å². The predicted molar refractivity (Wildman–Crippen MR) is 58.7 cm³/mol. The van der Waals surface area contributed by atoms with Gasteiger partial charge in [-0.15, -0.1) is 0 Å². The fourth-order valence-electron chi connectivity index (χ4n) is 2.27. The third-order valence-electron chi connectivity index (χ3n) is 3.07. The number of nitrogens with zero attached hydrogens (tertiary/aromatic N) is 1. The van der Waals surface area contributed by atoms with Crippen molar-refractivity contribution < 1.29 is 13.2 Å². The van der Waals surface area contributed by atoms with E-state index in [0.29, 0.717) is 30.2 Å². The van der Waals surface area contributed by atoms with Crippen molar-refractivity contribution in [1.29, 1.82) is 0 Å². The molecule has 1 aromatic carbocycles. The quantitative estimate of drug-likeness (QED) is 0.654. The Morgan fingerprint density at radius 1 is 1.12 bits per heavy atom. The van der Waals surface area contributed by atoms with Gasteiger partial charge in [0.25, 0.3) is 0 Å². The van der Waals surface area contributed by atoms with Crippen molar-refractivity contribution in [3.05, 3.63) is 39.8 Å². The van der Waals surface area contributed by atoms with Crippen molar-refractivity contribution in [2.24, 2.45) is 0 Å². The second-order valence-electron chi connectivity index (χ2n) is 4.08. The number of halogens is 4. The molecular formula is C12H7ClF3N. The van der Waals surface area contributed by atoms with Crippen LogP contribution >= 0.6 is 11.6 Å². The number of rotatable bonds is 0. The molecule has 0 atom stereocenters. The second-order valence-corrected chi connectivity index (χ2v) is 4.46. The molecule has 0 amide bonds. The molecule has 1 aliphatic carbocycles. The van der Waals surface area contributed by atoms with E-state index in [1.165, 1.54) is 0 Å². The summed E-state index contributed by atoms with van der Waals surface area (Å²) in [4.78, 5) is 4.05. The molecule has 1 aliphatic rings. The molecule has 3 rings (SSSR count). The minimum atomic E-state index is -1.24. The maximum absolute atomic E-state index is 13.6. The molecule has 0 saturated carbocycles. The summed E-state index contributed by atoms with van der Waals surface area (Å²) in [7, 11) is 0. The first-order valence-electron chi connectivity index (χ1n) is 5.24. The molecule has 0 aliphatic heterocycles. The maximum atomic E-state index is 13.6. The Kier molecular flexibility index (Phi) is 2.30. The summed E-state index contributed by atoms with van der Waals surface area (Å²) in [5, 5.41) is -0.150. The van der Waals surface area contributed by atoms with Gasteiger partial charge in [-0.1, -0.05) is 11.6 Å². The van der Waals surface area contributed by atoms with Gasteiger partial charge in [-0.25, -0.2) is 18.2 Å². The molecule has 2 aromatic rings. The van der Waals surface area contributed by atoms with Crippen LogP contribution in [0.2, 0.25) is 5.02 Å². The van der Waals surface area contributed by atoms with Crippen molar-refractivity contribution in [3.63, 3.8) is 0 Å². The molecule has 0 bridgehead atoms. The normalized spacial score (nSPS) is 14.4. The Balaban J connectivity index is 2.52. The van der Waals surface area contributed by atoms with E-state index in [0.717, 1.165) is 6.42 Å². The number of benzene rings is 1. The SMILES string of the molecule is Fc1cc(F)c2nc3c(c(Cl)c2c1F)CCC3. The van der Waals surface area contributed by atoms with E-state index < -0.39 is 17.5 Å². The Morgan fingerprint density at radius 3 is 2.65 bits per heavy atom. The second kappa shape index (κ2) is 3.60. The first-order chi connectivity index (χ1) is 8.09. The van der Waals surface area contributed by atoms with Crippen LogP contribution in [-0.4, -0.2) is 4.98 Å². The third-order valence-corrected chi connectivity index (χ3v) is 3.48. The van der Waals surface area contributed by atoms with E-state index in [9.17, 15) is 13.2 Å². The molecular weight excluding hydrogens is 251 g/mol. The van der Waals surface area contributed by atoms with E-state index in [1.807, 2.05) is 0 Å². The molecule has 0 saturated heterocycles. The van der Waals surface area contributed by atoms with Crippen molar-refractivity contribution >= 4 is 22.5 Å². The minimum absolute atomic E-state index is 0.0957. The zero-order chi connectivity index (χ0) is 12.2. The van der Waals surface area contributed by atoms with E-state index in [4.69, 9.17) is 11.6 Å². The van der Waals surface area contributed by atoms with Crippen molar-refractivity contribution in [2.45, 2.75) is 19.3 Å². The van der Waals surface area contributed by atoms with Crippen molar-refractivity contribution in [1.82, 2.24) is 4.98 Å². The van der Waals surface area contributed by atoms with Crippen molar-refractivity contribution in [3.8, 4) is 0 Å². The summed E-state index contributed by atoms with van der Waals surface area (Å²) in [5.74, 6) is -3.25. The highest BCUT2D eigenvalue weighted by atomic mass is 35.5. The standard InChI is InChI=1S/C12H7ClF3N/c13-10-5-2-1-3-8(5)17-12-7(15)4-6(14)11(16)9(10)12/h4H,1-3H2.